The number of carbonyl (C=O) groups excluding carboxylic acids is 1. The SMILES string of the molecule is Cc1c(N)cccc1NC(=O)CCN(CCCO)C(C)C. The van der Waals surface area contributed by atoms with Gasteiger partial charge in [-0.25, -0.2) is 0 Å². The standard InChI is InChI=1S/C16H27N3O2/c1-12(2)19(9-5-11-20)10-8-16(21)18-15-7-4-6-14(17)13(15)3/h4,6-7,12,20H,5,8-11,17H2,1-3H3,(H,18,21). The fourth-order valence-electron chi connectivity index (χ4n) is 2.15. The fourth-order valence-corrected chi connectivity index (χ4v) is 2.15. The van der Waals surface area contributed by atoms with E-state index in [4.69, 9.17) is 10.8 Å². The van der Waals surface area contributed by atoms with Crippen molar-refractivity contribution in [3.05, 3.63) is 23.8 Å². The second-order valence-corrected chi connectivity index (χ2v) is 5.52. The molecule has 1 rings (SSSR count). The maximum Gasteiger partial charge on any atom is 0.225 e. The average Bonchev–Trinajstić information content (AvgIpc) is 2.43. The summed E-state index contributed by atoms with van der Waals surface area (Å²) < 4.78 is 0. The molecule has 0 aliphatic rings. The van der Waals surface area contributed by atoms with Gasteiger partial charge in [0.05, 0.1) is 0 Å². The van der Waals surface area contributed by atoms with Gasteiger partial charge in [0.2, 0.25) is 5.91 Å². The van der Waals surface area contributed by atoms with Crippen LogP contribution in [0.25, 0.3) is 0 Å². The lowest BCUT2D eigenvalue weighted by atomic mass is 10.1. The summed E-state index contributed by atoms with van der Waals surface area (Å²) in [5.74, 6) is -0.0154. The lowest BCUT2D eigenvalue weighted by Crippen LogP contribution is -2.35. The number of carbonyl (C=O) groups is 1. The van der Waals surface area contributed by atoms with Gasteiger partial charge in [0.25, 0.3) is 0 Å². The van der Waals surface area contributed by atoms with Gasteiger partial charge in [0, 0.05) is 43.5 Å². The molecule has 0 atom stereocenters. The van der Waals surface area contributed by atoms with Gasteiger partial charge in [-0.2, -0.15) is 0 Å². The van der Waals surface area contributed by atoms with Crippen LogP contribution < -0.4 is 11.1 Å². The zero-order valence-electron chi connectivity index (χ0n) is 13.2. The molecule has 0 spiro atoms. The van der Waals surface area contributed by atoms with Crippen LogP contribution in [0.1, 0.15) is 32.3 Å². The molecule has 1 amide bonds. The van der Waals surface area contributed by atoms with Gasteiger partial charge in [-0.15, -0.1) is 0 Å². The molecule has 5 nitrogen and oxygen atoms in total. The van der Waals surface area contributed by atoms with E-state index in [1.807, 2.05) is 25.1 Å². The van der Waals surface area contributed by atoms with Crippen LogP contribution in [0.4, 0.5) is 11.4 Å². The summed E-state index contributed by atoms with van der Waals surface area (Å²) >= 11 is 0. The van der Waals surface area contributed by atoms with Crippen LogP contribution in [-0.4, -0.2) is 41.7 Å². The van der Waals surface area contributed by atoms with Crippen molar-refractivity contribution >= 4 is 17.3 Å². The van der Waals surface area contributed by atoms with E-state index < -0.39 is 0 Å². The first-order valence-corrected chi connectivity index (χ1v) is 7.45. The number of hydrogen-bond acceptors (Lipinski definition) is 4. The Morgan fingerprint density at radius 1 is 1.38 bits per heavy atom. The third kappa shape index (κ3) is 5.73. The number of anilines is 2. The topological polar surface area (TPSA) is 78.6 Å². The molecule has 1 aromatic carbocycles. The Hall–Kier alpha value is -1.59. The van der Waals surface area contributed by atoms with Gasteiger partial charge in [0.1, 0.15) is 0 Å². The molecule has 0 aliphatic carbocycles. The number of amides is 1. The summed E-state index contributed by atoms with van der Waals surface area (Å²) in [6, 6.07) is 5.87. The highest BCUT2D eigenvalue weighted by molar-refractivity contribution is 5.92. The van der Waals surface area contributed by atoms with Crippen molar-refractivity contribution < 1.29 is 9.90 Å². The van der Waals surface area contributed by atoms with Gasteiger partial charge >= 0.3 is 0 Å². The minimum absolute atomic E-state index is 0.0154. The Labute approximate surface area is 127 Å². The molecular formula is C16H27N3O2. The lowest BCUT2D eigenvalue weighted by Gasteiger charge is -2.25. The second kappa shape index (κ2) is 8.64. The van der Waals surface area contributed by atoms with Crippen molar-refractivity contribution in [1.82, 2.24) is 4.90 Å². The molecular weight excluding hydrogens is 266 g/mol. The zero-order valence-corrected chi connectivity index (χ0v) is 13.2. The smallest absolute Gasteiger partial charge is 0.225 e. The Morgan fingerprint density at radius 3 is 2.71 bits per heavy atom. The first-order valence-electron chi connectivity index (χ1n) is 7.45. The molecule has 1 aromatic rings. The molecule has 21 heavy (non-hydrogen) atoms. The summed E-state index contributed by atoms with van der Waals surface area (Å²) in [7, 11) is 0. The number of nitrogens with two attached hydrogens (primary N) is 1. The highest BCUT2D eigenvalue weighted by Crippen LogP contribution is 2.20. The number of benzene rings is 1. The molecule has 0 radical (unpaired) electrons. The summed E-state index contributed by atoms with van der Waals surface area (Å²) in [4.78, 5) is 14.2. The zero-order chi connectivity index (χ0) is 15.8. The van der Waals surface area contributed by atoms with Crippen LogP contribution in [0.5, 0.6) is 0 Å². The van der Waals surface area contributed by atoms with E-state index in [0.29, 0.717) is 24.7 Å². The lowest BCUT2D eigenvalue weighted by molar-refractivity contribution is -0.116. The quantitative estimate of drug-likeness (QED) is 0.641. The molecule has 0 aromatic heterocycles. The van der Waals surface area contributed by atoms with Crippen LogP contribution in [0, 0.1) is 6.92 Å². The number of nitrogens with zero attached hydrogens (tertiary/aromatic N) is 1. The minimum atomic E-state index is -0.0154. The maximum absolute atomic E-state index is 12.0. The maximum atomic E-state index is 12.0. The summed E-state index contributed by atoms with van der Waals surface area (Å²) in [5.41, 5.74) is 8.18. The molecule has 0 bridgehead atoms. The van der Waals surface area contributed by atoms with Crippen molar-refractivity contribution in [3.63, 3.8) is 0 Å². The predicted molar refractivity (Wildman–Crippen MR) is 87.2 cm³/mol. The Kier molecular flexibility index (Phi) is 7.19. The number of nitrogen functional groups attached to an aromatic ring is 1. The largest absolute Gasteiger partial charge is 0.398 e. The second-order valence-electron chi connectivity index (χ2n) is 5.52. The van der Waals surface area contributed by atoms with Crippen molar-refractivity contribution in [2.45, 2.75) is 39.7 Å². The van der Waals surface area contributed by atoms with Gasteiger partial charge in [-0.05, 0) is 44.9 Å². The van der Waals surface area contributed by atoms with E-state index >= 15 is 0 Å². The summed E-state index contributed by atoms with van der Waals surface area (Å²) in [5, 5.41) is 11.8. The molecule has 0 fully saturated rings. The van der Waals surface area contributed by atoms with Gasteiger partial charge in [0.15, 0.2) is 0 Å². The molecule has 5 heteroatoms. The first-order chi connectivity index (χ1) is 9.95. The number of aliphatic hydroxyl groups excluding tert-OH is 1. The van der Waals surface area contributed by atoms with Crippen LogP contribution in [0.15, 0.2) is 18.2 Å². The summed E-state index contributed by atoms with van der Waals surface area (Å²) in [6.45, 7) is 7.75. The van der Waals surface area contributed by atoms with E-state index in [9.17, 15) is 4.79 Å². The summed E-state index contributed by atoms with van der Waals surface area (Å²) in [6.07, 6.45) is 1.16. The molecule has 0 saturated carbocycles. The van der Waals surface area contributed by atoms with Crippen molar-refractivity contribution in [3.8, 4) is 0 Å². The first kappa shape index (κ1) is 17.5. The Morgan fingerprint density at radius 2 is 2.10 bits per heavy atom. The molecule has 0 heterocycles. The van der Waals surface area contributed by atoms with Crippen LogP contribution >= 0.6 is 0 Å². The highest BCUT2D eigenvalue weighted by Gasteiger charge is 2.12. The van der Waals surface area contributed by atoms with E-state index in [1.165, 1.54) is 0 Å². The van der Waals surface area contributed by atoms with Crippen LogP contribution in [0.2, 0.25) is 0 Å². The third-order valence-electron chi connectivity index (χ3n) is 3.61. The van der Waals surface area contributed by atoms with Crippen LogP contribution in [-0.2, 0) is 4.79 Å². The molecule has 118 valence electrons. The molecule has 0 unspecified atom stereocenters. The van der Waals surface area contributed by atoms with E-state index in [0.717, 1.165) is 24.2 Å². The number of rotatable bonds is 8. The van der Waals surface area contributed by atoms with Gasteiger partial charge < -0.3 is 21.1 Å². The predicted octanol–water partition coefficient (Wildman–Crippen LogP) is 2.00. The van der Waals surface area contributed by atoms with E-state index in [1.54, 1.807) is 0 Å². The number of nitrogens with one attached hydrogen (secondary N) is 1. The fraction of sp³-hybridized carbons (Fsp3) is 0.562. The normalized spacial score (nSPS) is 11.1. The van der Waals surface area contributed by atoms with Crippen molar-refractivity contribution in [1.29, 1.82) is 0 Å². The average molecular weight is 293 g/mol. The van der Waals surface area contributed by atoms with Gasteiger partial charge in [-0.1, -0.05) is 6.07 Å². The number of aliphatic hydroxyl groups is 1. The monoisotopic (exact) mass is 293 g/mol. The Balaban J connectivity index is 2.51. The van der Waals surface area contributed by atoms with E-state index in [-0.39, 0.29) is 12.5 Å². The third-order valence-corrected chi connectivity index (χ3v) is 3.61. The highest BCUT2D eigenvalue weighted by atomic mass is 16.3. The Bertz CT molecular complexity index is 461. The van der Waals surface area contributed by atoms with E-state index in [2.05, 4.69) is 24.1 Å². The van der Waals surface area contributed by atoms with Crippen molar-refractivity contribution in [2.24, 2.45) is 0 Å². The molecule has 4 N–H and O–H groups in total. The van der Waals surface area contributed by atoms with Crippen LogP contribution in [0.3, 0.4) is 0 Å². The molecule has 0 aliphatic heterocycles. The molecule has 0 saturated heterocycles. The minimum Gasteiger partial charge on any atom is -0.398 e. The van der Waals surface area contributed by atoms with Crippen molar-refractivity contribution in [2.75, 3.05) is 30.7 Å². The van der Waals surface area contributed by atoms with Gasteiger partial charge in [-0.3, -0.25) is 4.79 Å². The number of hydrogen-bond donors (Lipinski definition) is 3.